The zero-order chi connectivity index (χ0) is 11.5. The van der Waals surface area contributed by atoms with E-state index in [1.54, 1.807) is 0 Å². The summed E-state index contributed by atoms with van der Waals surface area (Å²) in [5.74, 6) is -0.0661. The molecular formula is C8H14N4OS2. The first-order valence-electron chi connectivity index (χ1n) is 4.47. The number of nitrogens with one attached hydrogen (secondary N) is 3. The second-order valence-electron chi connectivity index (χ2n) is 4.07. The van der Waals surface area contributed by atoms with Crippen molar-refractivity contribution in [3.05, 3.63) is 3.95 Å². The van der Waals surface area contributed by atoms with Crippen LogP contribution in [0.4, 0.5) is 5.13 Å². The summed E-state index contributed by atoms with van der Waals surface area (Å²) in [6.45, 7) is 6.00. The largest absolute Gasteiger partial charge is 0.351 e. The van der Waals surface area contributed by atoms with E-state index in [4.69, 9.17) is 12.2 Å². The number of rotatable bonds is 3. The highest BCUT2D eigenvalue weighted by Crippen LogP contribution is 2.09. The molecule has 0 unspecified atom stereocenters. The van der Waals surface area contributed by atoms with Crippen LogP contribution in [0.15, 0.2) is 0 Å². The van der Waals surface area contributed by atoms with E-state index >= 15 is 0 Å². The SMILES string of the molecule is CC(C)(C)NC(=O)CNc1n[nH]c(=S)s1. The topological polar surface area (TPSA) is 69.8 Å². The Hall–Kier alpha value is -0.950. The van der Waals surface area contributed by atoms with Crippen LogP contribution in [-0.4, -0.2) is 28.2 Å². The van der Waals surface area contributed by atoms with E-state index in [1.807, 2.05) is 20.8 Å². The average Bonchev–Trinajstić information content (AvgIpc) is 2.45. The van der Waals surface area contributed by atoms with Crippen molar-refractivity contribution in [1.29, 1.82) is 0 Å². The molecule has 7 heteroatoms. The Balaban J connectivity index is 2.38. The van der Waals surface area contributed by atoms with Crippen LogP contribution >= 0.6 is 23.6 Å². The van der Waals surface area contributed by atoms with Crippen LogP contribution in [-0.2, 0) is 4.79 Å². The zero-order valence-electron chi connectivity index (χ0n) is 8.88. The van der Waals surface area contributed by atoms with E-state index in [0.717, 1.165) is 0 Å². The fourth-order valence-electron chi connectivity index (χ4n) is 0.924. The Morgan fingerprint density at radius 3 is 2.73 bits per heavy atom. The monoisotopic (exact) mass is 246 g/mol. The number of anilines is 1. The average molecular weight is 246 g/mol. The molecule has 5 nitrogen and oxygen atoms in total. The molecule has 0 spiro atoms. The second kappa shape index (κ2) is 4.71. The van der Waals surface area contributed by atoms with Gasteiger partial charge in [0.25, 0.3) is 0 Å². The van der Waals surface area contributed by atoms with Gasteiger partial charge < -0.3 is 10.6 Å². The minimum atomic E-state index is -0.211. The predicted octanol–water partition coefficient (Wildman–Crippen LogP) is 1.53. The van der Waals surface area contributed by atoms with E-state index in [0.29, 0.717) is 9.09 Å². The summed E-state index contributed by atoms with van der Waals surface area (Å²) in [7, 11) is 0. The minimum absolute atomic E-state index is 0.0661. The maximum Gasteiger partial charge on any atom is 0.239 e. The third kappa shape index (κ3) is 4.89. The highest BCUT2D eigenvalue weighted by atomic mass is 32.1. The molecule has 1 rings (SSSR count). The third-order valence-corrected chi connectivity index (χ3v) is 2.40. The molecule has 0 aromatic carbocycles. The lowest BCUT2D eigenvalue weighted by Gasteiger charge is -2.20. The zero-order valence-corrected chi connectivity index (χ0v) is 10.5. The molecule has 0 saturated heterocycles. The van der Waals surface area contributed by atoms with Gasteiger partial charge in [-0.1, -0.05) is 11.3 Å². The number of carbonyl (C=O) groups is 1. The molecule has 15 heavy (non-hydrogen) atoms. The summed E-state index contributed by atoms with van der Waals surface area (Å²) in [6.07, 6.45) is 0. The Labute approximate surface area is 97.3 Å². The van der Waals surface area contributed by atoms with Gasteiger partial charge in [0.15, 0.2) is 3.95 Å². The van der Waals surface area contributed by atoms with E-state index in [2.05, 4.69) is 20.8 Å². The van der Waals surface area contributed by atoms with Crippen LogP contribution in [0.1, 0.15) is 20.8 Å². The first-order chi connectivity index (χ1) is 6.87. The number of nitrogens with zero attached hydrogens (tertiary/aromatic N) is 1. The Morgan fingerprint density at radius 1 is 1.60 bits per heavy atom. The Kier molecular flexibility index (Phi) is 3.81. The van der Waals surface area contributed by atoms with Crippen molar-refractivity contribution in [2.75, 3.05) is 11.9 Å². The van der Waals surface area contributed by atoms with Crippen molar-refractivity contribution in [2.45, 2.75) is 26.3 Å². The minimum Gasteiger partial charge on any atom is -0.351 e. The smallest absolute Gasteiger partial charge is 0.239 e. The maximum atomic E-state index is 11.4. The second-order valence-corrected chi connectivity index (χ2v) is 5.74. The highest BCUT2D eigenvalue weighted by Gasteiger charge is 2.13. The van der Waals surface area contributed by atoms with Gasteiger partial charge in [0.1, 0.15) is 0 Å². The number of H-pyrrole nitrogens is 1. The Bertz CT molecular complexity index is 390. The molecule has 0 radical (unpaired) electrons. The molecule has 0 aliphatic rings. The molecule has 84 valence electrons. The van der Waals surface area contributed by atoms with Crippen LogP contribution < -0.4 is 10.6 Å². The summed E-state index contributed by atoms with van der Waals surface area (Å²) in [4.78, 5) is 11.4. The first-order valence-corrected chi connectivity index (χ1v) is 5.70. The lowest BCUT2D eigenvalue weighted by atomic mass is 10.1. The van der Waals surface area contributed by atoms with Crippen molar-refractivity contribution in [3.63, 3.8) is 0 Å². The van der Waals surface area contributed by atoms with Crippen molar-refractivity contribution in [3.8, 4) is 0 Å². The van der Waals surface area contributed by atoms with Gasteiger partial charge in [0, 0.05) is 5.54 Å². The number of aromatic nitrogens is 2. The number of carbonyl (C=O) groups excluding carboxylic acids is 1. The fraction of sp³-hybridized carbons (Fsp3) is 0.625. The molecule has 1 amide bonds. The van der Waals surface area contributed by atoms with Gasteiger partial charge >= 0.3 is 0 Å². The van der Waals surface area contributed by atoms with Crippen LogP contribution in [0.2, 0.25) is 0 Å². The number of aromatic amines is 1. The normalized spacial score (nSPS) is 11.1. The van der Waals surface area contributed by atoms with Gasteiger partial charge in [-0.05, 0) is 33.0 Å². The van der Waals surface area contributed by atoms with E-state index < -0.39 is 0 Å². The van der Waals surface area contributed by atoms with Gasteiger partial charge in [0.05, 0.1) is 6.54 Å². The molecule has 1 aromatic rings. The van der Waals surface area contributed by atoms with Gasteiger partial charge in [-0.3, -0.25) is 9.89 Å². The van der Waals surface area contributed by atoms with E-state index in [9.17, 15) is 4.79 Å². The van der Waals surface area contributed by atoms with Crippen molar-refractivity contribution < 1.29 is 4.79 Å². The molecule has 0 aliphatic carbocycles. The maximum absolute atomic E-state index is 11.4. The van der Waals surface area contributed by atoms with Crippen LogP contribution in [0, 0.1) is 3.95 Å². The summed E-state index contributed by atoms with van der Waals surface area (Å²) < 4.78 is 0.591. The predicted molar refractivity (Wildman–Crippen MR) is 63.7 cm³/mol. The van der Waals surface area contributed by atoms with Gasteiger partial charge in [-0.25, -0.2) is 0 Å². The number of hydrogen-bond acceptors (Lipinski definition) is 5. The molecule has 0 bridgehead atoms. The van der Waals surface area contributed by atoms with Crippen LogP contribution in [0.3, 0.4) is 0 Å². The lowest BCUT2D eigenvalue weighted by Crippen LogP contribution is -2.43. The van der Waals surface area contributed by atoms with Crippen LogP contribution in [0.5, 0.6) is 0 Å². The molecule has 0 fully saturated rings. The summed E-state index contributed by atoms with van der Waals surface area (Å²) in [5.41, 5.74) is -0.211. The first kappa shape index (κ1) is 12.1. The molecule has 1 aromatic heterocycles. The molecule has 0 saturated carbocycles. The highest BCUT2D eigenvalue weighted by molar-refractivity contribution is 7.73. The van der Waals surface area contributed by atoms with Crippen molar-refractivity contribution in [2.24, 2.45) is 0 Å². The third-order valence-electron chi connectivity index (χ3n) is 1.35. The lowest BCUT2D eigenvalue weighted by molar-refractivity contribution is -0.120. The molecular weight excluding hydrogens is 232 g/mol. The molecule has 0 aliphatic heterocycles. The van der Waals surface area contributed by atoms with Crippen molar-refractivity contribution >= 4 is 34.6 Å². The summed E-state index contributed by atoms with van der Waals surface area (Å²) >= 11 is 6.17. The molecule has 3 N–H and O–H groups in total. The Morgan fingerprint density at radius 2 is 2.27 bits per heavy atom. The van der Waals surface area contributed by atoms with Crippen LogP contribution in [0.25, 0.3) is 0 Å². The van der Waals surface area contributed by atoms with E-state index in [1.165, 1.54) is 11.3 Å². The van der Waals surface area contributed by atoms with Gasteiger partial charge in [-0.15, -0.1) is 5.10 Å². The van der Waals surface area contributed by atoms with Gasteiger partial charge in [-0.2, -0.15) is 0 Å². The van der Waals surface area contributed by atoms with Crippen molar-refractivity contribution in [1.82, 2.24) is 15.5 Å². The standard InChI is InChI=1S/C8H14N4OS2/c1-8(2,3)10-5(13)4-9-6-11-12-7(14)15-6/h4H2,1-3H3,(H,9,11)(H,10,13)(H,12,14). The van der Waals surface area contributed by atoms with Gasteiger partial charge in [0.2, 0.25) is 11.0 Å². The quantitative estimate of drug-likeness (QED) is 0.707. The summed E-state index contributed by atoms with van der Waals surface area (Å²) in [6, 6.07) is 0. The number of hydrogen-bond donors (Lipinski definition) is 3. The van der Waals surface area contributed by atoms with E-state index in [-0.39, 0.29) is 18.0 Å². The fourth-order valence-corrected chi connectivity index (χ4v) is 1.71. The summed E-state index contributed by atoms with van der Waals surface area (Å²) in [5, 5.41) is 12.9. The number of amides is 1. The molecule has 1 heterocycles. The molecule has 0 atom stereocenters.